The van der Waals surface area contributed by atoms with E-state index in [0.717, 1.165) is 38.0 Å². The van der Waals surface area contributed by atoms with Crippen molar-refractivity contribution in [3.63, 3.8) is 0 Å². The van der Waals surface area contributed by atoms with Crippen molar-refractivity contribution in [2.24, 2.45) is 0 Å². The highest BCUT2D eigenvalue weighted by Gasteiger charge is 2.28. The van der Waals surface area contributed by atoms with Gasteiger partial charge < -0.3 is 24.4 Å². The number of sulfonamides is 1. The Hall–Kier alpha value is -2.82. The number of nitrogens with one attached hydrogen (secondary N) is 1. The number of piperidine rings is 1. The zero-order chi connectivity index (χ0) is 24.0. The summed E-state index contributed by atoms with van der Waals surface area (Å²) in [5.41, 5.74) is 1.29. The molecule has 2 aliphatic heterocycles. The number of carbonyl (C=O) groups is 1. The maximum Gasteiger partial charge on any atom is 0.262 e. The SMILES string of the molecule is COc1ccc(OCC(=O)Nc2cc(S(=O)(=O)N3CCOCC3)ccc2N2CCCCC2)cc1. The highest BCUT2D eigenvalue weighted by atomic mass is 32.2. The van der Waals surface area contributed by atoms with Crippen LogP contribution in [0.3, 0.4) is 0 Å². The molecule has 10 heteroatoms. The molecule has 0 unspecified atom stereocenters. The van der Waals surface area contributed by atoms with Gasteiger partial charge in [-0.2, -0.15) is 4.31 Å². The van der Waals surface area contributed by atoms with E-state index in [-0.39, 0.29) is 17.4 Å². The van der Waals surface area contributed by atoms with E-state index in [1.54, 1.807) is 49.6 Å². The van der Waals surface area contributed by atoms with Gasteiger partial charge in [0.2, 0.25) is 10.0 Å². The zero-order valence-corrected chi connectivity index (χ0v) is 20.2. The molecule has 0 bridgehead atoms. The molecule has 2 aliphatic rings. The van der Waals surface area contributed by atoms with E-state index in [1.807, 2.05) is 0 Å². The fraction of sp³-hybridized carbons (Fsp3) is 0.458. The summed E-state index contributed by atoms with van der Waals surface area (Å²) in [6.07, 6.45) is 3.28. The summed E-state index contributed by atoms with van der Waals surface area (Å²) in [4.78, 5) is 15.1. The van der Waals surface area contributed by atoms with Gasteiger partial charge in [0.15, 0.2) is 6.61 Å². The molecule has 0 aromatic heterocycles. The summed E-state index contributed by atoms with van der Waals surface area (Å²) in [5.74, 6) is 0.868. The first kappa shape index (κ1) is 24.3. The van der Waals surface area contributed by atoms with Crippen molar-refractivity contribution in [2.75, 3.05) is 63.3 Å². The van der Waals surface area contributed by atoms with Crippen LogP contribution in [0.2, 0.25) is 0 Å². The van der Waals surface area contributed by atoms with Gasteiger partial charge in [-0.3, -0.25) is 4.79 Å². The molecule has 2 heterocycles. The van der Waals surface area contributed by atoms with Crippen LogP contribution >= 0.6 is 0 Å². The monoisotopic (exact) mass is 489 g/mol. The van der Waals surface area contributed by atoms with Crippen molar-refractivity contribution >= 4 is 27.3 Å². The lowest BCUT2D eigenvalue weighted by Gasteiger charge is -2.31. The number of hydrogen-bond acceptors (Lipinski definition) is 7. The second-order valence-corrected chi connectivity index (χ2v) is 10.2. The molecule has 2 aromatic carbocycles. The molecule has 2 fully saturated rings. The molecule has 1 N–H and O–H groups in total. The summed E-state index contributed by atoms with van der Waals surface area (Å²) in [6.45, 7) is 2.89. The molecule has 0 radical (unpaired) electrons. The lowest BCUT2D eigenvalue weighted by Crippen LogP contribution is -2.40. The van der Waals surface area contributed by atoms with E-state index in [1.165, 1.54) is 4.31 Å². The number of benzene rings is 2. The second kappa shape index (κ2) is 11.1. The van der Waals surface area contributed by atoms with Crippen LogP contribution in [0.4, 0.5) is 11.4 Å². The van der Waals surface area contributed by atoms with Crippen LogP contribution < -0.4 is 19.7 Å². The summed E-state index contributed by atoms with van der Waals surface area (Å²) in [7, 11) is -2.11. The normalized spacial score (nSPS) is 17.3. The Kier molecular flexibility index (Phi) is 7.91. The molecular formula is C24H31N3O6S. The Morgan fingerprint density at radius 2 is 1.65 bits per heavy atom. The van der Waals surface area contributed by atoms with Gasteiger partial charge in [0, 0.05) is 26.2 Å². The van der Waals surface area contributed by atoms with Crippen LogP contribution in [0.25, 0.3) is 0 Å². The maximum atomic E-state index is 13.2. The molecule has 184 valence electrons. The minimum atomic E-state index is -3.69. The average Bonchev–Trinajstić information content (AvgIpc) is 2.89. The molecule has 34 heavy (non-hydrogen) atoms. The van der Waals surface area contributed by atoms with E-state index in [4.69, 9.17) is 14.2 Å². The molecule has 0 aliphatic carbocycles. The Morgan fingerprint density at radius 1 is 0.971 bits per heavy atom. The molecule has 0 saturated carbocycles. The van der Waals surface area contributed by atoms with Gasteiger partial charge in [0.05, 0.1) is 36.6 Å². The van der Waals surface area contributed by atoms with Gasteiger partial charge in [-0.25, -0.2) is 8.42 Å². The number of carbonyl (C=O) groups excluding carboxylic acids is 1. The lowest BCUT2D eigenvalue weighted by molar-refractivity contribution is -0.118. The highest BCUT2D eigenvalue weighted by Crippen LogP contribution is 2.32. The minimum Gasteiger partial charge on any atom is -0.497 e. The predicted molar refractivity (Wildman–Crippen MR) is 129 cm³/mol. The van der Waals surface area contributed by atoms with E-state index in [2.05, 4.69) is 10.2 Å². The van der Waals surface area contributed by atoms with Crippen LogP contribution in [-0.2, 0) is 19.6 Å². The number of hydrogen-bond donors (Lipinski definition) is 1. The highest BCUT2D eigenvalue weighted by molar-refractivity contribution is 7.89. The third-order valence-electron chi connectivity index (χ3n) is 5.98. The number of rotatable bonds is 8. The van der Waals surface area contributed by atoms with Gasteiger partial charge in [-0.1, -0.05) is 0 Å². The van der Waals surface area contributed by atoms with Gasteiger partial charge in [0.1, 0.15) is 11.5 Å². The molecule has 9 nitrogen and oxygen atoms in total. The Balaban J connectivity index is 1.53. The number of ether oxygens (including phenoxy) is 3. The predicted octanol–water partition coefficient (Wildman–Crippen LogP) is 2.72. The van der Waals surface area contributed by atoms with Crippen molar-refractivity contribution in [3.05, 3.63) is 42.5 Å². The molecule has 4 rings (SSSR count). The number of nitrogens with zero attached hydrogens (tertiary/aromatic N) is 2. The molecule has 0 spiro atoms. The van der Waals surface area contributed by atoms with Crippen LogP contribution in [0.1, 0.15) is 19.3 Å². The molecule has 2 saturated heterocycles. The third kappa shape index (κ3) is 5.81. The first-order valence-electron chi connectivity index (χ1n) is 11.5. The topological polar surface area (TPSA) is 97.4 Å². The minimum absolute atomic E-state index is 0.154. The first-order valence-corrected chi connectivity index (χ1v) is 12.9. The number of anilines is 2. The molecule has 2 aromatic rings. The Labute approximate surface area is 200 Å². The van der Waals surface area contributed by atoms with E-state index in [0.29, 0.717) is 43.5 Å². The molecular weight excluding hydrogens is 458 g/mol. The smallest absolute Gasteiger partial charge is 0.262 e. The van der Waals surface area contributed by atoms with Gasteiger partial charge in [0.25, 0.3) is 5.91 Å². The largest absolute Gasteiger partial charge is 0.497 e. The van der Waals surface area contributed by atoms with E-state index in [9.17, 15) is 13.2 Å². The van der Waals surface area contributed by atoms with E-state index < -0.39 is 10.0 Å². The van der Waals surface area contributed by atoms with Crippen molar-refractivity contribution in [3.8, 4) is 11.5 Å². The van der Waals surface area contributed by atoms with Crippen LogP contribution in [0.5, 0.6) is 11.5 Å². The van der Waals surface area contributed by atoms with Gasteiger partial charge in [-0.05, 0) is 61.7 Å². The Bertz CT molecular complexity index is 1080. The van der Waals surface area contributed by atoms with Crippen LogP contribution in [0.15, 0.2) is 47.4 Å². The quantitative estimate of drug-likeness (QED) is 0.609. The third-order valence-corrected chi connectivity index (χ3v) is 7.87. The van der Waals surface area contributed by atoms with Crippen molar-refractivity contribution in [2.45, 2.75) is 24.2 Å². The maximum absolute atomic E-state index is 13.2. The molecule has 0 atom stereocenters. The zero-order valence-electron chi connectivity index (χ0n) is 19.4. The van der Waals surface area contributed by atoms with Gasteiger partial charge in [-0.15, -0.1) is 0 Å². The fourth-order valence-electron chi connectivity index (χ4n) is 4.13. The summed E-state index contributed by atoms with van der Waals surface area (Å²) in [5, 5.41) is 2.88. The summed E-state index contributed by atoms with van der Waals surface area (Å²) >= 11 is 0. The lowest BCUT2D eigenvalue weighted by atomic mass is 10.1. The number of amides is 1. The van der Waals surface area contributed by atoms with E-state index >= 15 is 0 Å². The average molecular weight is 490 g/mol. The fourth-order valence-corrected chi connectivity index (χ4v) is 5.56. The number of methoxy groups -OCH3 is 1. The number of morpholine rings is 1. The first-order chi connectivity index (χ1) is 16.5. The van der Waals surface area contributed by atoms with Gasteiger partial charge >= 0.3 is 0 Å². The van der Waals surface area contributed by atoms with Crippen molar-refractivity contribution < 1.29 is 27.4 Å². The standard InChI is InChI=1S/C24H31N3O6S/c1-31-19-5-7-20(8-6-19)33-18-24(28)25-22-17-21(34(29,30)27-13-15-32-16-14-27)9-10-23(22)26-11-3-2-4-12-26/h5-10,17H,2-4,11-16,18H2,1H3,(H,25,28). The second-order valence-electron chi connectivity index (χ2n) is 8.26. The van der Waals surface area contributed by atoms with Crippen LogP contribution in [-0.4, -0.2) is 71.7 Å². The van der Waals surface area contributed by atoms with Crippen LogP contribution in [0, 0.1) is 0 Å². The molecule has 1 amide bonds. The summed E-state index contributed by atoms with van der Waals surface area (Å²) < 4.78 is 43.8. The van der Waals surface area contributed by atoms with Crippen molar-refractivity contribution in [1.29, 1.82) is 0 Å². The van der Waals surface area contributed by atoms with Crippen molar-refractivity contribution in [1.82, 2.24) is 4.31 Å². The summed E-state index contributed by atoms with van der Waals surface area (Å²) in [6, 6.07) is 11.9. The Morgan fingerprint density at radius 3 is 2.32 bits per heavy atom.